The Hall–Kier alpha value is -1.59. The summed E-state index contributed by atoms with van der Waals surface area (Å²) in [5.41, 5.74) is 0. The number of halogens is 1. The van der Waals surface area contributed by atoms with Crippen LogP contribution in [0.3, 0.4) is 0 Å². The minimum atomic E-state index is -3.38. The quantitative estimate of drug-likeness (QED) is 0.269. The average Bonchev–Trinajstić information content (AvgIpc) is 3.33. The van der Waals surface area contributed by atoms with Crippen LogP contribution in [0.15, 0.2) is 63.0 Å². The molecule has 0 amide bonds. The van der Waals surface area contributed by atoms with Gasteiger partial charge in [0.1, 0.15) is 5.76 Å². The summed E-state index contributed by atoms with van der Waals surface area (Å²) >= 11 is 0. The molecule has 1 aliphatic rings. The van der Waals surface area contributed by atoms with E-state index in [1.807, 2.05) is 25.1 Å². The summed E-state index contributed by atoms with van der Waals surface area (Å²) in [5.74, 6) is 1.55. The molecule has 7 nitrogen and oxygen atoms in total. The van der Waals surface area contributed by atoms with Crippen molar-refractivity contribution in [1.29, 1.82) is 0 Å². The molecule has 3 rings (SSSR count). The maximum absolute atomic E-state index is 12.8. The maximum Gasteiger partial charge on any atom is 0.191 e. The van der Waals surface area contributed by atoms with Crippen LogP contribution in [-0.2, 0) is 9.84 Å². The maximum atomic E-state index is 12.8. The summed E-state index contributed by atoms with van der Waals surface area (Å²) in [5, 5.41) is 6.68. The predicted octanol–water partition coefficient (Wildman–Crippen LogP) is 3.84. The third-order valence-corrected chi connectivity index (χ3v) is 7.58. The molecule has 0 spiro atoms. The first-order chi connectivity index (χ1) is 15.0. The van der Waals surface area contributed by atoms with Crippen LogP contribution in [0.1, 0.15) is 44.4 Å². The Kier molecular flexibility index (Phi) is 11.0. The van der Waals surface area contributed by atoms with Gasteiger partial charge in [-0.25, -0.2) is 8.42 Å². The van der Waals surface area contributed by atoms with Crippen molar-refractivity contribution in [1.82, 2.24) is 15.5 Å². The van der Waals surface area contributed by atoms with Crippen LogP contribution in [0.25, 0.3) is 0 Å². The molecule has 1 aromatic heterocycles. The number of piperidine rings is 1. The van der Waals surface area contributed by atoms with Gasteiger partial charge in [-0.2, -0.15) is 0 Å². The smallest absolute Gasteiger partial charge is 0.191 e. The third kappa shape index (κ3) is 7.48. The highest BCUT2D eigenvalue weighted by molar-refractivity contribution is 14.0. The van der Waals surface area contributed by atoms with Gasteiger partial charge in [-0.05, 0) is 56.6 Å². The Labute approximate surface area is 209 Å². The fraction of sp³-hybridized carbons (Fsp3) is 0.522. The average molecular weight is 575 g/mol. The van der Waals surface area contributed by atoms with E-state index in [9.17, 15) is 8.42 Å². The number of guanidine groups is 1. The number of hydrogen-bond acceptors (Lipinski definition) is 5. The molecule has 0 saturated carbocycles. The molecule has 32 heavy (non-hydrogen) atoms. The van der Waals surface area contributed by atoms with Crippen molar-refractivity contribution in [3.8, 4) is 0 Å². The second-order valence-electron chi connectivity index (χ2n) is 7.92. The minimum absolute atomic E-state index is 0. The predicted molar refractivity (Wildman–Crippen MR) is 139 cm³/mol. The van der Waals surface area contributed by atoms with Crippen molar-refractivity contribution in [2.45, 2.75) is 49.6 Å². The van der Waals surface area contributed by atoms with Gasteiger partial charge < -0.3 is 15.1 Å². The summed E-state index contributed by atoms with van der Waals surface area (Å²) in [7, 11) is -1.67. The van der Waals surface area contributed by atoms with Gasteiger partial charge in [0.05, 0.1) is 23.0 Å². The molecule has 2 N–H and O–H groups in total. The van der Waals surface area contributed by atoms with Gasteiger partial charge in [0.15, 0.2) is 15.8 Å². The first-order valence-corrected chi connectivity index (χ1v) is 12.7. The normalized spacial score (nSPS) is 17.2. The molecule has 2 atom stereocenters. The molecule has 178 valence electrons. The number of hydrogen-bond donors (Lipinski definition) is 2. The van der Waals surface area contributed by atoms with Crippen LogP contribution in [0.5, 0.6) is 0 Å². The number of furan rings is 1. The number of nitrogens with one attached hydrogen (secondary N) is 2. The van der Waals surface area contributed by atoms with Gasteiger partial charge in [0.2, 0.25) is 0 Å². The molecule has 0 aliphatic carbocycles. The summed E-state index contributed by atoms with van der Waals surface area (Å²) in [6, 6.07) is 12.4. The highest BCUT2D eigenvalue weighted by Gasteiger charge is 2.25. The standard InChI is InChI=1S/C23H34N4O3S.HI/c1-3-19(18-31(28,29)20-11-6-4-7-12-20)26-23(24-2)25-17-21(22-13-10-16-30-22)27-14-8-5-9-15-27;/h4,6-7,10-13,16,19,21H,3,5,8-9,14-15,17-18H2,1-2H3,(H2,24,25,26);1H. The first kappa shape index (κ1) is 26.7. The largest absolute Gasteiger partial charge is 0.468 e. The Balaban J connectivity index is 0.00000363. The fourth-order valence-electron chi connectivity index (χ4n) is 3.95. The second-order valence-corrected chi connectivity index (χ2v) is 9.96. The highest BCUT2D eigenvalue weighted by atomic mass is 127. The summed E-state index contributed by atoms with van der Waals surface area (Å²) in [4.78, 5) is 7.12. The van der Waals surface area contributed by atoms with Crippen LogP contribution in [0.4, 0.5) is 0 Å². The van der Waals surface area contributed by atoms with Crippen LogP contribution in [0, 0.1) is 0 Å². The van der Waals surface area contributed by atoms with Gasteiger partial charge in [0, 0.05) is 19.6 Å². The number of nitrogens with zero attached hydrogens (tertiary/aromatic N) is 2. The van der Waals surface area contributed by atoms with Crippen LogP contribution in [0.2, 0.25) is 0 Å². The molecule has 1 fully saturated rings. The van der Waals surface area contributed by atoms with Gasteiger partial charge in [-0.3, -0.25) is 9.89 Å². The second kappa shape index (κ2) is 13.2. The molecule has 2 heterocycles. The molecule has 0 bridgehead atoms. The Bertz CT molecular complexity index is 914. The van der Waals surface area contributed by atoms with Crippen molar-refractivity contribution < 1.29 is 12.8 Å². The van der Waals surface area contributed by atoms with Crippen molar-refractivity contribution in [3.05, 3.63) is 54.5 Å². The zero-order valence-electron chi connectivity index (χ0n) is 18.9. The first-order valence-electron chi connectivity index (χ1n) is 11.1. The van der Waals surface area contributed by atoms with E-state index in [-0.39, 0.29) is 41.8 Å². The van der Waals surface area contributed by atoms with E-state index >= 15 is 0 Å². The Morgan fingerprint density at radius 1 is 1.12 bits per heavy atom. The van der Waals surface area contributed by atoms with E-state index in [4.69, 9.17) is 4.42 Å². The lowest BCUT2D eigenvalue weighted by atomic mass is 10.1. The van der Waals surface area contributed by atoms with Crippen LogP contribution in [-0.4, -0.2) is 57.8 Å². The number of likely N-dealkylation sites (tertiary alicyclic amines) is 1. The van der Waals surface area contributed by atoms with Gasteiger partial charge in [0.25, 0.3) is 0 Å². The molecular weight excluding hydrogens is 539 g/mol. The number of rotatable bonds is 9. The lowest BCUT2D eigenvalue weighted by Crippen LogP contribution is -2.48. The third-order valence-electron chi connectivity index (χ3n) is 5.75. The van der Waals surface area contributed by atoms with Crippen LogP contribution < -0.4 is 10.6 Å². The molecule has 0 radical (unpaired) electrons. The van der Waals surface area contributed by atoms with Crippen molar-refractivity contribution in [3.63, 3.8) is 0 Å². The fourth-order valence-corrected chi connectivity index (χ4v) is 5.57. The Morgan fingerprint density at radius 2 is 1.84 bits per heavy atom. The lowest BCUT2D eigenvalue weighted by molar-refractivity contribution is 0.146. The van der Waals surface area contributed by atoms with E-state index in [0.29, 0.717) is 23.8 Å². The minimum Gasteiger partial charge on any atom is -0.468 e. The van der Waals surface area contributed by atoms with Crippen LogP contribution >= 0.6 is 24.0 Å². The number of sulfone groups is 1. The monoisotopic (exact) mass is 574 g/mol. The van der Waals surface area contributed by atoms with E-state index in [1.165, 1.54) is 19.3 Å². The van der Waals surface area contributed by atoms with E-state index in [0.717, 1.165) is 18.8 Å². The summed E-state index contributed by atoms with van der Waals surface area (Å²) in [6.45, 7) is 4.71. The van der Waals surface area contributed by atoms with E-state index < -0.39 is 9.84 Å². The zero-order chi connectivity index (χ0) is 22.1. The van der Waals surface area contributed by atoms with Gasteiger partial charge >= 0.3 is 0 Å². The van der Waals surface area contributed by atoms with Crippen molar-refractivity contribution in [2.24, 2.45) is 4.99 Å². The molecule has 9 heteroatoms. The lowest BCUT2D eigenvalue weighted by Gasteiger charge is -2.34. The van der Waals surface area contributed by atoms with Gasteiger partial charge in [-0.1, -0.05) is 31.5 Å². The highest BCUT2D eigenvalue weighted by Crippen LogP contribution is 2.24. The SMILES string of the molecule is CCC(CS(=O)(=O)c1ccccc1)NC(=NC)NCC(c1ccco1)N1CCCCC1.I. The molecule has 1 saturated heterocycles. The molecule has 1 aliphatic heterocycles. The summed E-state index contributed by atoms with van der Waals surface area (Å²) in [6.07, 6.45) is 6.03. The van der Waals surface area contributed by atoms with Crippen molar-refractivity contribution in [2.75, 3.05) is 32.4 Å². The van der Waals surface area contributed by atoms with E-state index in [2.05, 4.69) is 20.5 Å². The van der Waals surface area contributed by atoms with Gasteiger partial charge in [-0.15, -0.1) is 24.0 Å². The zero-order valence-corrected chi connectivity index (χ0v) is 22.0. The number of aliphatic imine (C=N–C) groups is 1. The number of benzene rings is 1. The summed E-state index contributed by atoms with van der Waals surface area (Å²) < 4.78 is 31.3. The topological polar surface area (TPSA) is 86.9 Å². The molecule has 2 aromatic rings. The molecule has 1 aromatic carbocycles. The van der Waals surface area contributed by atoms with Crippen molar-refractivity contribution >= 4 is 39.8 Å². The Morgan fingerprint density at radius 3 is 2.44 bits per heavy atom. The molecular formula is C23H35IN4O3S. The van der Waals surface area contributed by atoms with E-state index in [1.54, 1.807) is 37.6 Å². The molecule has 2 unspecified atom stereocenters.